The molecule has 0 spiro atoms. The Hall–Kier alpha value is -1.53. The molecular formula is C19H29F2N3O. The molecule has 1 saturated heterocycles. The van der Waals surface area contributed by atoms with E-state index < -0.39 is 11.6 Å². The number of rotatable bonds is 7. The van der Waals surface area contributed by atoms with Crippen LogP contribution in [0.5, 0.6) is 0 Å². The van der Waals surface area contributed by atoms with E-state index in [9.17, 15) is 13.6 Å². The Morgan fingerprint density at radius 1 is 1.28 bits per heavy atom. The molecule has 0 aromatic heterocycles. The molecule has 6 heteroatoms. The highest BCUT2D eigenvalue weighted by Gasteiger charge is 2.27. The maximum atomic E-state index is 13.7. The van der Waals surface area contributed by atoms with Crippen molar-refractivity contribution < 1.29 is 13.6 Å². The minimum atomic E-state index is -0.625. The molecule has 1 aliphatic rings. The predicted molar refractivity (Wildman–Crippen MR) is 96.5 cm³/mol. The lowest BCUT2D eigenvalue weighted by atomic mass is 9.95. The Balaban J connectivity index is 1.86. The summed E-state index contributed by atoms with van der Waals surface area (Å²) in [5.41, 5.74) is -0.103. The Morgan fingerprint density at radius 2 is 1.92 bits per heavy atom. The molecule has 0 unspecified atom stereocenters. The van der Waals surface area contributed by atoms with E-state index in [0.717, 1.165) is 63.8 Å². The van der Waals surface area contributed by atoms with Gasteiger partial charge in [0.2, 0.25) is 5.91 Å². The Bertz CT molecular complexity index is 570. The van der Waals surface area contributed by atoms with Gasteiger partial charge in [-0.2, -0.15) is 0 Å². The summed E-state index contributed by atoms with van der Waals surface area (Å²) in [5.74, 6) is -0.833. The average molecular weight is 353 g/mol. The molecule has 1 N–H and O–H groups in total. The van der Waals surface area contributed by atoms with Crippen LogP contribution < -0.4 is 5.32 Å². The van der Waals surface area contributed by atoms with Crippen LogP contribution in [0.3, 0.4) is 0 Å². The largest absolute Gasteiger partial charge is 0.322 e. The average Bonchev–Trinajstić information content (AvgIpc) is 2.62. The van der Waals surface area contributed by atoms with Crippen LogP contribution in [-0.2, 0) is 4.79 Å². The summed E-state index contributed by atoms with van der Waals surface area (Å²) in [4.78, 5) is 16.9. The molecular weight excluding hydrogens is 324 g/mol. The third-order valence-electron chi connectivity index (χ3n) is 5.17. The van der Waals surface area contributed by atoms with Crippen LogP contribution in [0, 0.1) is 17.6 Å². The van der Waals surface area contributed by atoms with Crippen LogP contribution in [0.2, 0.25) is 0 Å². The Kier molecular flexibility index (Phi) is 7.32. The molecule has 4 nitrogen and oxygen atoms in total. The van der Waals surface area contributed by atoms with Crippen molar-refractivity contribution in [3.05, 3.63) is 29.8 Å². The van der Waals surface area contributed by atoms with Crippen molar-refractivity contribution in [1.29, 1.82) is 0 Å². The van der Waals surface area contributed by atoms with E-state index in [2.05, 4.69) is 29.0 Å². The SMILES string of the molecule is CCN(CC)CC1CCN([C@@H](C)C(=O)Nc2cc(F)ccc2F)CC1. The van der Waals surface area contributed by atoms with Crippen LogP contribution in [0.1, 0.15) is 33.6 Å². The first kappa shape index (κ1) is 19.8. The topological polar surface area (TPSA) is 35.6 Å². The first-order valence-electron chi connectivity index (χ1n) is 9.16. The van der Waals surface area contributed by atoms with Gasteiger partial charge in [0, 0.05) is 12.6 Å². The van der Waals surface area contributed by atoms with Gasteiger partial charge >= 0.3 is 0 Å². The Morgan fingerprint density at radius 3 is 2.52 bits per heavy atom. The summed E-state index contributed by atoms with van der Waals surface area (Å²) >= 11 is 0. The molecule has 0 bridgehead atoms. The van der Waals surface area contributed by atoms with Crippen molar-refractivity contribution in [3.63, 3.8) is 0 Å². The number of anilines is 1. The van der Waals surface area contributed by atoms with E-state index in [1.54, 1.807) is 0 Å². The minimum absolute atomic E-state index is 0.103. The molecule has 1 aliphatic heterocycles. The minimum Gasteiger partial charge on any atom is -0.322 e. The summed E-state index contributed by atoms with van der Waals surface area (Å²) in [7, 11) is 0. The Labute approximate surface area is 149 Å². The number of piperidine rings is 1. The number of hydrogen-bond donors (Lipinski definition) is 1. The van der Waals surface area contributed by atoms with Crippen molar-refractivity contribution in [2.75, 3.05) is 38.0 Å². The molecule has 1 atom stereocenters. The molecule has 1 heterocycles. The fourth-order valence-electron chi connectivity index (χ4n) is 3.37. The monoisotopic (exact) mass is 353 g/mol. The van der Waals surface area contributed by atoms with Gasteiger partial charge in [0.05, 0.1) is 11.7 Å². The zero-order valence-electron chi connectivity index (χ0n) is 15.4. The van der Waals surface area contributed by atoms with Crippen LogP contribution in [0.25, 0.3) is 0 Å². The lowest BCUT2D eigenvalue weighted by molar-refractivity contribution is -0.121. The van der Waals surface area contributed by atoms with Gasteiger partial charge in [-0.25, -0.2) is 8.78 Å². The maximum absolute atomic E-state index is 13.7. The fourth-order valence-corrected chi connectivity index (χ4v) is 3.37. The highest BCUT2D eigenvalue weighted by atomic mass is 19.1. The van der Waals surface area contributed by atoms with Gasteiger partial charge in [-0.05, 0) is 64.0 Å². The molecule has 0 aliphatic carbocycles. The summed E-state index contributed by atoms with van der Waals surface area (Å²) < 4.78 is 26.9. The molecule has 2 rings (SSSR count). The second-order valence-corrected chi connectivity index (χ2v) is 6.75. The normalized spacial score (nSPS) is 17.7. The standard InChI is InChI=1S/C19H29F2N3O/c1-4-23(5-2)13-15-8-10-24(11-9-15)14(3)19(25)22-18-12-16(20)6-7-17(18)21/h6-7,12,14-15H,4-5,8-11,13H2,1-3H3,(H,22,25)/t14-/m0/s1. The van der Waals surface area contributed by atoms with E-state index in [1.165, 1.54) is 0 Å². The molecule has 1 amide bonds. The van der Waals surface area contributed by atoms with Gasteiger partial charge < -0.3 is 10.2 Å². The molecule has 1 aromatic carbocycles. The predicted octanol–water partition coefficient (Wildman–Crippen LogP) is 3.35. The second kappa shape index (κ2) is 9.25. The van der Waals surface area contributed by atoms with E-state index in [0.29, 0.717) is 5.92 Å². The lowest BCUT2D eigenvalue weighted by Gasteiger charge is -2.37. The summed E-state index contributed by atoms with van der Waals surface area (Å²) in [5, 5.41) is 2.51. The number of halogens is 2. The number of benzene rings is 1. The highest BCUT2D eigenvalue weighted by Crippen LogP contribution is 2.21. The number of amides is 1. The van der Waals surface area contributed by atoms with Gasteiger partial charge in [0.15, 0.2) is 0 Å². The smallest absolute Gasteiger partial charge is 0.241 e. The fraction of sp³-hybridized carbons (Fsp3) is 0.632. The molecule has 0 radical (unpaired) electrons. The van der Waals surface area contributed by atoms with E-state index in [1.807, 2.05) is 6.92 Å². The van der Waals surface area contributed by atoms with Gasteiger partial charge in [0.25, 0.3) is 0 Å². The van der Waals surface area contributed by atoms with Crippen LogP contribution >= 0.6 is 0 Å². The van der Waals surface area contributed by atoms with Gasteiger partial charge in [-0.1, -0.05) is 13.8 Å². The zero-order valence-corrected chi connectivity index (χ0v) is 15.4. The van der Waals surface area contributed by atoms with Crippen molar-refractivity contribution in [2.24, 2.45) is 5.92 Å². The molecule has 1 aromatic rings. The molecule has 140 valence electrons. The summed E-state index contributed by atoms with van der Waals surface area (Å²) in [6.45, 7) is 11.1. The number of carbonyl (C=O) groups is 1. The van der Waals surface area contributed by atoms with E-state index in [-0.39, 0.29) is 17.6 Å². The van der Waals surface area contributed by atoms with E-state index in [4.69, 9.17) is 0 Å². The summed E-state index contributed by atoms with van der Waals surface area (Å²) in [6.07, 6.45) is 2.12. The van der Waals surface area contributed by atoms with Crippen LogP contribution in [-0.4, -0.2) is 54.5 Å². The number of nitrogens with zero attached hydrogens (tertiary/aromatic N) is 2. The number of carbonyl (C=O) groups excluding carboxylic acids is 1. The third kappa shape index (κ3) is 5.47. The maximum Gasteiger partial charge on any atom is 0.241 e. The van der Waals surface area contributed by atoms with Gasteiger partial charge in [-0.3, -0.25) is 9.69 Å². The van der Waals surface area contributed by atoms with Crippen molar-refractivity contribution in [2.45, 2.75) is 39.7 Å². The van der Waals surface area contributed by atoms with E-state index >= 15 is 0 Å². The molecule has 25 heavy (non-hydrogen) atoms. The van der Waals surface area contributed by atoms with Crippen LogP contribution in [0.15, 0.2) is 18.2 Å². The molecule has 0 saturated carbocycles. The zero-order chi connectivity index (χ0) is 18.4. The van der Waals surface area contributed by atoms with Crippen molar-refractivity contribution in [3.8, 4) is 0 Å². The first-order valence-corrected chi connectivity index (χ1v) is 9.16. The highest BCUT2D eigenvalue weighted by molar-refractivity contribution is 5.94. The number of hydrogen-bond acceptors (Lipinski definition) is 3. The lowest BCUT2D eigenvalue weighted by Crippen LogP contribution is -2.47. The number of nitrogens with one attached hydrogen (secondary N) is 1. The van der Waals surface area contributed by atoms with Gasteiger partial charge in [0.1, 0.15) is 11.6 Å². The third-order valence-corrected chi connectivity index (χ3v) is 5.17. The van der Waals surface area contributed by atoms with Crippen molar-refractivity contribution >= 4 is 11.6 Å². The van der Waals surface area contributed by atoms with Crippen LogP contribution in [0.4, 0.5) is 14.5 Å². The summed E-state index contributed by atoms with van der Waals surface area (Å²) in [6, 6.07) is 2.71. The second-order valence-electron chi connectivity index (χ2n) is 6.75. The number of likely N-dealkylation sites (tertiary alicyclic amines) is 1. The van der Waals surface area contributed by atoms with Gasteiger partial charge in [-0.15, -0.1) is 0 Å². The first-order chi connectivity index (χ1) is 11.9. The quantitative estimate of drug-likeness (QED) is 0.817. The molecule has 1 fully saturated rings. The van der Waals surface area contributed by atoms with Crippen molar-refractivity contribution in [1.82, 2.24) is 9.80 Å².